The largest absolute Gasteiger partial charge is 0.481 e. The van der Waals surface area contributed by atoms with Crippen LogP contribution >= 0.6 is 0 Å². The number of rotatable bonds is 7. The summed E-state index contributed by atoms with van der Waals surface area (Å²) in [4.78, 5) is 37.5. The van der Waals surface area contributed by atoms with E-state index in [9.17, 15) is 19.7 Å². The molecule has 136 valence electrons. The zero-order chi connectivity index (χ0) is 18.4. The number of hydrogen-bond donors (Lipinski definition) is 1. The van der Waals surface area contributed by atoms with Crippen LogP contribution in [0.25, 0.3) is 0 Å². The highest BCUT2D eigenvalue weighted by Gasteiger charge is 2.28. The number of carboxylic acids is 1. The zero-order valence-corrected chi connectivity index (χ0v) is 14.3. The number of carbonyl (C=O) groups excluding carboxylic acids is 1. The van der Waals surface area contributed by atoms with Crippen molar-refractivity contribution in [3.05, 3.63) is 34.4 Å². The van der Waals surface area contributed by atoms with Gasteiger partial charge in [0.15, 0.2) is 0 Å². The Morgan fingerprint density at radius 3 is 2.76 bits per heavy atom. The lowest BCUT2D eigenvalue weighted by Gasteiger charge is -2.36. The van der Waals surface area contributed by atoms with Crippen LogP contribution in [0.3, 0.4) is 0 Å². The Labute approximate surface area is 146 Å². The third-order valence-electron chi connectivity index (χ3n) is 4.50. The molecule has 0 aliphatic carbocycles. The number of likely N-dealkylation sites (tertiary alicyclic amines) is 1. The standard InChI is InChI=1S/C17H23N3O5/c1-18(14-7-2-3-8-15(14)20(24)25)12-16(21)19-11-5-4-6-13(19)9-10-17(22)23/h2-3,7-8,13H,4-6,9-12H2,1H3,(H,22,23). The number of nitro groups is 1. The van der Waals surface area contributed by atoms with Gasteiger partial charge in [-0.05, 0) is 31.7 Å². The number of nitrogens with zero attached hydrogens (tertiary/aromatic N) is 3. The van der Waals surface area contributed by atoms with Crippen LogP contribution in [0.2, 0.25) is 0 Å². The molecule has 8 nitrogen and oxygen atoms in total. The number of aliphatic carboxylic acids is 1. The number of carbonyl (C=O) groups is 2. The minimum atomic E-state index is -0.866. The van der Waals surface area contributed by atoms with Gasteiger partial charge in [0.05, 0.1) is 11.5 Å². The van der Waals surface area contributed by atoms with Crippen molar-refractivity contribution in [1.82, 2.24) is 4.90 Å². The maximum atomic E-state index is 12.7. The Morgan fingerprint density at radius 2 is 2.08 bits per heavy atom. The summed E-state index contributed by atoms with van der Waals surface area (Å²) in [7, 11) is 1.65. The van der Waals surface area contributed by atoms with Gasteiger partial charge in [-0.2, -0.15) is 0 Å². The van der Waals surface area contributed by atoms with Crippen molar-refractivity contribution in [1.29, 1.82) is 0 Å². The Morgan fingerprint density at radius 1 is 1.36 bits per heavy atom. The minimum absolute atomic E-state index is 0.0222. The smallest absolute Gasteiger partial charge is 0.303 e. The summed E-state index contributed by atoms with van der Waals surface area (Å²) < 4.78 is 0. The van der Waals surface area contributed by atoms with Crippen molar-refractivity contribution in [3.8, 4) is 0 Å². The molecule has 1 N–H and O–H groups in total. The van der Waals surface area contributed by atoms with Crippen LogP contribution < -0.4 is 4.90 Å². The summed E-state index contributed by atoms with van der Waals surface area (Å²) in [5.74, 6) is -0.995. The second kappa shape index (κ2) is 8.46. The molecule has 0 radical (unpaired) electrons. The van der Waals surface area contributed by atoms with E-state index in [0.29, 0.717) is 18.7 Å². The second-order valence-electron chi connectivity index (χ2n) is 6.27. The van der Waals surface area contributed by atoms with E-state index in [4.69, 9.17) is 5.11 Å². The van der Waals surface area contributed by atoms with Crippen molar-refractivity contribution < 1.29 is 19.6 Å². The summed E-state index contributed by atoms with van der Waals surface area (Å²) in [5, 5.41) is 20.0. The molecular formula is C17H23N3O5. The van der Waals surface area contributed by atoms with Gasteiger partial charge in [0.1, 0.15) is 5.69 Å². The molecule has 0 aromatic heterocycles. The van der Waals surface area contributed by atoms with E-state index < -0.39 is 10.9 Å². The van der Waals surface area contributed by atoms with Crippen LogP contribution in [-0.4, -0.2) is 53.0 Å². The molecule has 1 amide bonds. The lowest BCUT2D eigenvalue weighted by molar-refractivity contribution is -0.384. The quantitative estimate of drug-likeness (QED) is 0.598. The van der Waals surface area contributed by atoms with Crippen LogP contribution in [0.5, 0.6) is 0 Å². The number of benzene rings is 1. The van der Waals surface area contributed by atoms with Crippen LogP contribution in [0, 0.1) is 10.1 Å². The Bertz CT molecular complexity index is 649. The van der Waals surface area contributed by atoms with E-state index in [2.05, 4.69) is 0 Å². The molecule has 0 bridgehead atoms. The molecule has 1 unspecified atom stereocenters. The van der Waals surface area contributed by atoms with E-state index >= 15 is 0 Å². The van der Waals surface area contributed by atoms with Crippen LogP contribution in [0.15, 0.2) is 24.3 Å². The molecule has 1 atom stereocenters. The summed E-state index contributed by atoms with van der Waals surface area (Å²) in [6, 6.07) is 6.23. The monoisotopic (exact) mass is 349 g/mol. The predicted octanol–water partition coefficient (Wildman–Crippen LogP) is 2.28. The first-order chi connectivity index (χ1) is 11.9. The van der Waals surface area contributed by atoms with Crippen molar-refractivity contribution in [2.24, 2.45) is 0 Å². The molecule has 1 aromatic carbocycles. The molecule has 1 heterocycles. The fourth-order valence-electron chi connectivity index (χ4n) is 3.24. The first-order valence-electron chi connectivity index (χ1n) is 8.36. The van der Waals surface area contributed by atoms with Crippen LogP contribution in [-0.2, 0) is 9.59 Å². The van der Waals surface area contributed by atoms with Gasteiger partial charge in [-0.15, -0.1) is 0 Å². The van der Waals surface area contributed by atoms with Gasteiger partial charge in [0.25, 0.3) is 5.69 Å². The van der Waals surface area contributed by atoms with E-state index in [-0.39, 0.29) is 30.6 Å². The SMILES string of the molecule is CN(CC(=O)N1CCCCC1CCC(=O)O)c1ccccc1[N+](=O)[O-]. The van der Waals surface area contributed by atoms with Gasteiger partial charge >= 0.3 is 5.97 Å². The molecule has 1 aromatic rings. The van der Waals surface area contributed by atoms with Gasteiger partial charge in [0.2, 0.25) is 5.91 Å². The fourth-order valence-corrected chi connectivity index (χ4v) is 3.24. The van der Waals surface area contributed by atoms with E-state index in [1.165, 1.54) is 6.07 Å². The molecule has 8 heteroatoms. The second-order valence-corrected chi connectivity index (χ2v) is 6.27. The van der Waals surface area contributed by atoms with Crippen LogP contribution in [0.4, 0.5) is 11.4 Å². The fraction of sp³-hybridized carbons (Fsp3) is 0.529. The Balaban J connectivity index is 2.06. The summed E-state index contributed by atoms with van der Waals surface area (Å²) in [6.45, 7) is 0.627. The van der Waals surface area contributed by atoms with E-state index in [1.807, 2.05) is 0 Å². The number of nitro benzene ring substituents is 1. The average molecular weight is 349 g/mol. The predicted molar refractivity (Wildman–Crippen MR) is 92.6 cm³/mol. The first-order valence-corrected chi connectivity index (χ1v) is 8.36. The number of piperidine rings is 1. The number of para-hydroxylation sites is 2. The highest BCUT2D eigenvalue weighted by molar-refractivity contribution is 5.83. The van der Waals surface area contributed by atoms with Crippen molar-refractivity contribution in [3.63, 3.8) is 0 Å². The summed E-state index contributed by atoms with van der Waals surface area (Å²) in [5.41, 5.74) is 0.346. The molecule has 0 spiro atoms. The topological polar surface area (TPSA) is 104 Å². The molecule has 2 rings (SSSR count). The highest BCUT2D eigenvalue weighted by Crippen LogP contribution is 2.27. The summed E-state index contributed by atoms with van der Waals surface area (Å²) in [6.07, 6.45) is 3.15. The maximum Gasteiger partial charge on any atom is 0.303 e. The summed E-state index contributed by atoms with van der Waals surface area (Å²) >= 11 is 0. The minimum Gasteiger partial charge on any atom is -0.481 e. The number of hydrogen-bond acceptors (Lipinski definition) is 5. The van der Waals surface area contributed by atoms with Gasteiger partial charge in [0, 0.05) is 32.1 Å². The first kappa shape index (κ1) is 18.7. The van der Waals surface area contributed by atoms with Crippen molar-refractivity contribution in [2.75, 3.05) is 25.0 Å². The molecule has 1 aliphatic rings. The molecule has 25 heavy (non-hydrogen) atoms. The number of likely N-dealkylation sites (N-methyl/N-ethyl adjacent to an activating group) is 1. The van der Waals surface area contributed by atoms with E-state index in [1.54, 1.807) is 35.0 Å². The average Bonchev–Trinajstić information content (AvgIpc) is 2.60. The number of anilines is 1. The van der Waals surface area contributed by atoms with Gasteiger partial charge in [-0.1, -0.05) is 12.1 Å². The Kier molecular flexibility index (Phi) is 6.32. The van der Waals surface area contributed by atoms with Gasteiger partial charge in [-0.3, -0.25) is 19.7 Å². The van der Waals surface area contributed by atoms with Crippen LogP contribution in [0.1, 0.15) is 32.1 Å². The maximum absolute atomic E-state index is 12.7. The third kappa shape index (κ3) is 4.91. The molecular weight excluding hydrogens is 326 g/mol. The molecule has 0 saturated carbocycles. The molecule has 1 saturated heterocycles. The Hall–Kier alpha value is -2.64. The zero-order valence-electron chi connectivity index (χ0n) is 14.3. The lowest BCUT2D eigenvalue weighted by Crippen LogP contribution is -2.47. The number of amides is 1. The van der Waals surface area contributed by atoms with Crippen molar-refractivity contribution in [2.45, 2.75) is 38.1 Å². The van der Waals surface area contributed by atoms with E-state index in [0.717, 1.165) is 19.3 Å². The van der Waals surface area contributed by atoms with Gasteiger partial charge < -0.3 is 14.9 Å². The number of carboxylic acid groups (broad SMARTS) is 1. The highest BCUT2D eigenvalue weighted by atomic mass is 16.6. The molecule has 1 aliphatic heterocycles. The lowest BCUT2D eigenvalue weighted by atomic mass is 9.98. The normalized spacial score (nSPS) is 17.2. The third-order valence-corrected chi connectivity index (χ3v) is 4.50. The van der Waals surface area contributed by atoms with Gasteiger partial charge in [-0.25, -0.2) is 0 Å². The molecule has 1 fully saturated rings. The van der Waals surface area contributed by atoms with Crippen molar-refractivity contribution >= 4 is 23.3 Å².